The highest BCUT2D eigenvalue weighted by atomic mass is 35.5. The molecule has 0 bridgehead atoms. The van der Waals surface area contributed by atoms with Crippen LogP contribution in [-0.2, 0) is 6.54 Å². The van der Waals surface area contributed by atoms with Gasteiger partial charge in [-0.25, -0.2) is 4.68 Å². The van der Waals surface area contributed by atoms with Gasteiger partial charge in [-0.05, 0) is 30.2 Å². The number of rotatable bonds is 5. The summed E-state index contributed by atoms with van der Waals surface area (Å²) in [7, 11) is 0. The van der Waals surface area contributed by atoms with Crippen LogP contribution >= 0.6 is 11.6 Å². The van der Waals surface area contributed by atoms with E-state index in [4.69, 9.17) is 11.6 Å². The topological polar surface area (TPSA) is 53.6 Å². The van der Waals surface area contributed by atoms with Crippen molar-refractivity contribution in [2.75, 3.05) is 6.54 Å². The number of benzene rings is 1. The van der Waals surface area contributed by atoms with Crippen molar-refractivity contribution in [3.63, 3.8) is 0 Å². The van der Waals surface area contributed by atoms with Gasteiger partial charge in [0.1, 0.15) is 6.07 Å². The molecule has 20 heavy (non-hydrogen) atoms. The van der Waals surface area contributed by atoms with E-state index >= 15 is 0 Å². The lowest BCUT2D eigenvalue weighted by atomic mass is 10.1. The van der Waals surface area contributed by atoms with Gasteiger partial charge in [-0.3, -0.25) is 0 Å². The minimum Gasteiger partial charge on any atom is -0.312 e. The molecule has 1 aromatic carbocycles. The predicted octanol–water partition coefficient (Wildman–Crippen LogP) is 3.14. The summed E-state index contributed by atoms with van der Waals surface area (Å²) >= 11 is 5.86. The summed E-state index contributed by atoms with van der Waals surface area (Å²) in [5.41, 5.74) is 2.42. The van der Waals surface area contributed by atoms with Crippen molar-refractivity contribution in [1.82, 2.24) is 15.1 Å². The van der Waals surface area contributed by atoms with Crippen molar-refractivity contribution in [3.05, 3.63) is 46.7 Å². The molecule has 5 heteroatoms. The summed E-state index contributed by atoms with van der Waals surface area (Å²) < 4.78 is 1.62. The molecule has 0 amide bonds. The van der Waals surface area contributed by atoms with Gasteiger partial charge in [0, 0.05) is 12.7 Å². The van der Waals surface area contributed by atoms with Crippen molar-refractivity contribution in [2.45, 2.75) is 20.4 Å². The van der Waals surface area contributed by atoms with Gasteiger partial charge in [0.15, 0.2) is 0 Å². The third-order valence-corrected chi connectivity index (χ3v) is 3.06. The Bertz CT molecular complexity index is 625. The predicted molar refractivity (Wildman–Crippen MR) is 79.8 cm³/mol. The molecule has 0 unspecified atom stereocenters. The van der Waals surface area contributed by atoms with Crippen LogP contribution in [0.15, 0.2) is 30.6 Å². The summed E-state index contributed by atoms with van der Waals surface area (Å²) in [6.07, 6.45) is 3.25. The molecule has 0 aliphatic rings. The molecule has 2 aromatic rings. The van der Waals surface area contributed by atoms with Crippen molar-refractivity contribution < 1.29 is 0 Å². The van der Waals surface area contributed by atoms with Crippen LogP contribution in [0.2, 0.25) is 5.02 Å². The zero-order chi connectivity index (χ0) is 14.5. The normalized spacial score (nSPS) is 10.8. The summed E-state index contributed by atoms with van der Waals surface area (Å²) in [6, 6.07) is 7.99. The first-order chi connectivity index (χ1) is 9.60. The first-order valence-electron chi connectivity index (χ1n) is 6.54. The number of aromatic nitrogens is 2. The quantitative estimate of drug-likeness (QED) is 0.919. The van der Waals surface area contributed by atoms with Crippen LogP contribution in [0, 0.1) is 17.2 Å². The van der Waals surface area contributed by atoms with Crippen LogP contribution in [-0.4, -0.2) is 16.3 Å². The average molecular weight is 289 g/mol. The van der Waals surface area contributed by atoms with Gasteiger partial charge in [-0.2, -0.15) is 10.4 Å². The van der Waals surface area contributed by atoms with Crippen molar-refractivity contribution in [1.29, 1.82) is 5.26 Å². The molecular formula is C15H17ClN4. The highest BCUT2D eigenvalue weighted by Crippen LogP contribution is 2.17. The molecule has 0 radical (unpaired) electrons. The number of halogens is 1. The van der Waals surface area contributed by atoms with E-state index in [1.807, 2.05) is 18.2 Å². The second-order valence-electron chi connectivity index (χ2n) is 5.09. The first-order valence-corrected chi connectivity index (χ1v) is 6.92. The van der Waals surface area contributed by atoms with Crippen molar-refractivity contribution in [2.24, 2.45) is 5.92 Å². The monoisotopic (exact) mass is 288 g/mol. The van der Waals surface area contributed by atoms with Crippen LogP contribution in [0.5, 0.6) is 0 Å². The fourth-order valence-corrected chi connectivity index (χ4v) is 2.06. The summed E-state index contributed by atoms with van der Waals surface area (Å²) in [5.74, 6) is 0.607. The molecule has 2 rings (SSSR count). The Balaban J connectivity index is 2.18. The molecule has 0 aliphatic carbocycles. The highest BCUT2D eigenvalue weighted by Gasteiger charge is 2.07. The minimum absolute atomic E-state index is 0.552. The fraction of sp³-hybridized carbons (Fsp3) is 0.333. The second-order valence-corrected chi connectivity index (χ2v) is 5.53. The molecule has 0 saturated heterocycles. The standard InChI is InChI=1S/C15H17ClN4/c1-11(2)7-18-8-12-3-4-15(13(5-12)6-17)20-10-14(16)9-19-20/h3-5,9-11,18H,7-8H2,1-2H3. The zero-order valence-electron chi connectivity index (χ0n) is 11.6. The van der Waals surface area contributed by atoms with Gasteiger partial charge in [-0.15, -0.1) is 0 Å². The molecular weight excluding hydrogens is 272 g/mol. The lowest BCUT2D eigenvalue weighted by Gasteiger charge is -2.09. The Morgan fingerprint density at radius 3 is 2.85 bits per heavy atom. The molecule has 0 spiro atoms. The molecule has 4 nitrogen and oxygen atoms in total. The van der Waals surface area contributed by atoms with Crippen molar-refractivity contribution >= 4 is 11.6 Å². The SMILES string of the molecule is CC(C)CNCc1ccc(-n2cc(Cl)cn2)c(C#N)c1. The van der Waals surface area contributed by atoms with Crippen LogP contribution in [0.3, 0.4) is 0 Å². The van der Waals surface area contributed by atoms with E-state index in [1.54, 1.807) is 17.1 Å². The second kappa shape index (κ2) is 6.56. The Hall–Kier alpha value is -1.83. The van der Waals surface area contributed by atoms with E-state index in [9.17, 15) is 5.26 Å². The molecule has 0 atom stereocenters. The van der Waals surface area contributed by atoms with Gasteiger partial charge >= 0.3 is 0 Å². The maximum Gasteiger partial charge on any atom is 0.101 e. The minimum atomic E-state index is 0.552. The summed E-state index contributed by atoms with van der Waals surface area (Å²) in [5, 5.41) is 17.3. The average Bonchev–Trinajstić information content (AvgIpc) is 2.84. The molecule has 1 N–H and O–H groups in total. The van der Waals surface area contributed by atoms with E-state index in [-0.39, 0.29) is 0 Å². The van der Waals surface area contributed by atoms with E-state index < -0.39 is 0 Å². The summed E-state index contributed by atoms with van der Waals surface area (Å²) in [4.78, 5) is 0. The van der Waals surface area contributed by atoms with Crippen LogP contribution in [0.4, 0.5) is 0 Å². The first kappa shape index (κ1) is 14.6. The molecule has 104 valence electrons. The summed E-state index contributed by atoms with van der Waals surface area (Å²) in [6.45, 7) is 6.04. The Morgan fingerprint density at radius 2 is 2.25 bits per heavy atom. The van der Waals surface area contributed by atoms with Crippen molar-refractivity contribution in [3.8, 4) is 11.8 Å². The van der Waals surface area contributed by atoms with E-state index in [2.05, 4.69) is 30.3 Å². The third-order valence-electron chi connectivity index (χ3n) is 2.86. The number of nitriles is 1. The van der Waals surface area contributed by atoms with Gasteiger partial charge in [0.2, 0.25) is 0 Å². The van der Waals surface area contributed by atoms with Gasteiger partial charge in [-0.1, -0.05) is 31.5 Å². The Morgan fingerprint density at radius 1 is 1.45 bits per heavy atom. The van der Waals surface area contributed by atoms with Gasteiger partial charge < -0.3 is 5.32 Å². The largest absolute Gasteiger partial charge is 0.312 e. The van der Waals surface area contributed by atoms with Crippen LogP contribution in [0.25, 0.3) is 5.69 Å². The Kier molecular flexibility index (Phi) is 4.78. The van der Waals surface area contributed by atoms with Gasteiger partial charge in [0.05, 0.1) is 22.5 Å². The molecule has 1 aromatic heterocycles. The molecule has 1 heterocycles. The fourth-order valence-electron chi connectivity index (χ4n) is 1.92. The lowest BCUT2D eigenvalue weighted by molar-refractivity contribution is 0.552. The Labute approximate surface area is 124 Å². The number of nitrogens with one attached hydrogen (secondary N) is 1. The number of nitrogens with zero attached hydrogens (tertiary/aromatic N) is 3. The zero-order valence-corrected chi connectivity index (χ0v) is 12.4. The molecule has 0 saturated carbocycles. The van der Waals surface area contributed by atoms with E-state index in [0.29, 0.717) is 16.5 Å². The maximum absolute atomic E-state index is 9.28. The van der Waals surface area contributed by atoms with Gasteiger partial charge in [0.25, 0.3) is 0 Å². The molecule has 0 fully saturated rings. The third kappa shape index (κ3) is 3.60. The van der Waals surface area contributed by atoms with E-state index in [1.165, 1.54) is 0 Å². The van der Waals surface area contributed by atoms with Crippen LogP contribution in [0.1, 0.15) is 25.0 Å². The number of hydrogen-bond donors (Lipinski definition) is 1. The molecule has 0 aliphatic heterocycles. The maximum atomic E-state index is 9.28. The number of hydrogen-bond acceptors (Lipinski definition) is 3. The van der Waals surface area contributed by atoms with E-state index in [0.717, 1.165) is 24.3 Å². The smallest absolute Gasteiger partial charge is 0.101 e. The lowest BCUT2D eigenvalue weighted by Crippen LogP contribution is -2.19. The van der Waals surface area contributed by atoms with Crippen LogP contribution < -0.4 is 5.32 Å². The highest BCUT2D eigenvalue weighted by molar-refractivity contribution is 6.30.